The van der Waals surface area contributed by atoms with Crippen LogP contribution in [0, 0.1) is 0 Å². The molecule has 0 fully saturated rings. The Morgan fingerprint density at radius 3 is 2.07 bits per heavy atom. The number of thioether (sulfide) groups is 1. The second-order valence-electron chi connectivity index (χ2n) is 6.93. The summed E-state index contributed by atoms with van der Waals surface area (Å²) in [6.07, 6.45) is 0.652. The van der Waals surface area contributed by atoms with Crippen molar-refractivity contribution in [1.29, 1.82) is 0 Å². The van der Waals surface area contributed by atoms with E-state index in [1.807, 2.05) is 72.6 Å². The van der Waals surface area contributed by atoms with Gasteiger partial charge >= 0.3 is 0 Å². The first kappa shape index (κ1) is 21.6. The fourth-order valence-electron chi connectivity index (χ4n) is 2.98. The minimum atomic E-state index is -0.375. The average Bonchev–Trinajstić information content (AvgIpc) is 3.11. The van der Waals surface area contributed by atoms with Gasteiger partial charge in [0.05, 0.1) is 5.75 Å². The quantitative estimate of drug-likeness (QED) is 0.506. The van der Waals surface area contributed by atoms with Crippen molar-refractivity contribution in [3.05, 3.63) is 77.6 Å². The number of hydrogen-bond acceptors (Lipinski definition) is 5. The number of aryl methyl sites for hydroxylation is 1. The molecular formula is C22H25N5O2S. The first-order valence-corrected chi connectivity index (χ1v) is 10.7. The van der Waals surface area contributed by atoms with Gasteiger partial charge in [0.1, 0.15) is 5.82 Å². The Bertz CT molecular complexity index is 934. The van der Waals surface area contributed by atoms with Gasteiger partial charge in [-0.1, -0.05) is 72.4 Å². The normalized spacial score (nSPS) is 10.7. The number of carbonyl (C=O) groups excluding carboxylic acids is 2. The number of hydrogen-bond donors (Lipinski definition) is 1. The fraction of sp³-hybridized carbons (Fsp3) is 0.273. The van der Waals surface area contributed by atoms with Gasteiger partial charge in [0.25, 0.3) is 0 Å². The molecule has 0 unspecified atom stereocenters. The lowest BCUT2D eigenvalue weighted by molar-refractivity contribution is -0.129. The maximum Gasteiger partial charge on any atom is 0.233 e. The van der Waals surface area contributed by atoms with Crippen LogP contribution < -0.4 is 5.73 Å². The number of benzene rings is 2. The third-order valence-electron chi connectivity index (χ3n) is 4.63. The smallest absolute Gasteiger partial charge is 0.233 e. The molecule has 8 heteroatoms. The molecule has 2 aromatic carbocycles. The SMILES string of the molecule is Cn1c(CCC(N)=O)nnc1SCC(=O)N(Cc1ccccc1)Cc1ccccc1. The molecule has 1 aromatic heterocycles. The van der Waals surface area contributed by atoms with Crippen LogP contribution in [0.3, 0.4) is 0 Å². The molecule has 0 aliphatic carbocycles. The number of primary amides is 1. The Morgan fingerprint density at radius 1 is 0.967 bits per heavy atom. The number of rotatable bonds is 10. The molecule has 156 valence electrons. The third-order valence-corrected chi connectivity index (χ3v) is 5.64. The number of aromatic nitrogens is 3. The lowest BCUT2D eigenvalue weighted by Gasteiger charge is -2.23. The van der Waals surface area contributed by atoms with E-state index in [-0.39, 0.29) is 24.0 Å². The number of nitrogens with zero attached hydrogens (tertiary/aromatic N) is 4. The highest BCUT2D eigenvalue weighted by molar-refractivity contribution is 7.99. The Kier molecular flexibility index (Phi) is 7.62. The van der Waals surface area contributed by atoms with Crippen LogP contribution in [0.1, 0.15) is 23.4 Å². The molecule has 0 aliphatic heterocycles. The van der Waals surface area contributed by atoms with Gasteiger partial charge in [-0.25, -0.2) is 0 Å². The van der Waals surface area contributed by atoms with Crippen LogP contribution >= 0.6 is 11.8 Å². The Morgan fingerprint density at radius 2 is 1.53 bits per heavy atom. The molecule has 0 spiro atoms. The van der Waals surface area contributed by atoms with Crippen molar-refractivity contribution in [2.24, 2.45) is 12.8 Å². The fourth-order valence-corrected chi connectivity index (χ4v) is 3.81. The highest BCUT2D eigenvalue weighted by atomic mass is 32.2. The predicted octanol–water partition coefficient (Wildman–Crippen LogP) is 2.55. The van der Waals surface area contributed by atoms with E-state index in [9.17, 15) is 9.59 Å². The van der Waals surface area contributed by atoms with Gasteiger partial charge < -0.3 is 15.2 Å². The van der Waals surface area contributed by atoms with Crippen molar-refractivity contribution in [1.82, 2.24) is 19.7 Å². The van der Waals surface area contributed by atoms with Crippen LogP contribution in [-0.4, -0.2) is 37.2 Å². The lowest BCUT2D eigenvalue weighted by Crippen LogP contribution is -2.31. The maximum absolute atomic E-state index is 13.0. The molecule has 2 N–H and O–H groups in total. The molecule has 2 amide bonds. The summed E-state index contributed by atoms with van der Waals surface area (Å²) in [4.78, 5) is 25.9. The van der Waals surface area contributed by atoms with Crippen molar-refractivity contribution in [3.8, 4) is 0 Å². The molecule has 0 saturated heterocycles. The maximum atomic E-state index is 13.0. The van der Waals surface area contributed by atoms with E-state index in [0.29, 0.717) is 30.5 Å². The summed E-state index contributed by atoms with van der Waals surface area (Å²) in [5, 5.41) is 8.89. The van der Waals surface area contributed by atoms with Gasteiger partial charge in [-0.05, 0) is 11.1 Å². The Balaban J connectivity index is 1.66. The van der Waals surface area contributed by atoms with Crippen LogP contribution in [0.15, 0.2) is 65.8 Å². The summed E-state index contributed by atoms with van der Waals surface area (Å²) in [5.41, 5.74) is 7.37. The van der Waals surface area contributed by atoms with E-state index in [2.05, 4.69) is 10.2 Å². The molecule has 30 heavy (non-hydrogen) atoms. The van der Waals surface area contributed by atoms with Gasteiger partial charge in [-0.15, -0.1) is 10.2 Å². The predicted molar refractivity (Wildman–Crippen MR) is 116 cm³/mol. The van der Waals surface area contributed by atoms with Gasteiger partial charge in [-0.3, -0.25) is 9.59 Å². The standard InChI is InChI=1S/C22H25N5O2S/c1-26-20(13-12-19(23)28)24-25-22(26)30-16-21(29)27(14-17-8-4-2-5-9-17)15-18-10-6-3-7-11-18/h2-11H,12-16H2,1H3,(H2,23,28). The molecule has 0 radical (unpaired) electrons. The van der Waals surface area contributed by atoms with E-state index in [4.69, 9.17) is 5.73 Å². The lowest BCUT2D eigenvalue weighted by atomic mass is 10.1. The molecule has 0 atom stereocenters. The summed E-state index contributed by atoms with van der Waals surface area (Å²) < 4.78 is 1.81. The van der Waals surface area contributed by atoms with E-state index in [1.54, 1.807) is 4.57 Å². The molecule has 3 aromatic rings. The number of nitrogens with two attached hydrogens (primary N) is 1. The van der Waals surface area contributed by atoms with Crippen LogP contribution in [0.4, 0.5) is 0 Å². The van der Waals surface area contributed by atoms with Gasteiger partial charge in [0.15, 0.2) is 5.16 Å². The molecular weight excluding hydrogens is 398 g/mol. The van der Waals surface area contributed by atoms with Crippen molar-refractivity contribution < 1.29 is 9.59 Å². The second kappa shape index (κ2) is 10.6. The summed E-state index contributed by atoms with van der Waals surface area (Å²) in [6, 6.07) is 19.9. The van der Waals surface area contributed by atoms with E-state index in [0.717, 1.165) is 11.1 Å². The number of carbonyl (C=O) groups is 2. The van der Waals surface area contributed by atoms with Crippen LogP contribution in [0.5, 0.6) is 0 Å². The minimum absolute atomic E-state index is 0.0226. The molecule has 1 heterocycles. The highest BCUT2D eigenvalue weighted by Gasteiger charge is 2.17. The second-order valence-corrected chi connectivity index (χ2v) is 7.88. The van der Waals surface area contributed by atoms with Crippen LogP contribution in [-0.2, 0) is 36.1 Å². The van der Waals surface area contributed by atoms with E-state index < -0.39 is 0 Å². The first-order chi connectivity index (χ1) is 14.5. The van der Waals surface area contributed by atoms with Crippen molar-refractivity contribution in [2.75, 3.05) is 5.75 Å². The van der Waals surface area contributed by atoms with Crippen molar-refractivity contribution >= 4 is 23.6 Å². The van der Waals surface area contributed by atoms with Gasteiger partial charge in [0, 0.05) is 33.0 Å². The minimum Gasteiger partial charge on any atom is -0.370 e. The summed E-state index contributed by atoms with van der Waals surface area (Å²) in [7, 11) is 1.83. The van der Waals surface area contributed by atoms with Crippen molar-refractivity contribution in [2.45, 2.75) is 31.1 Å². The van der Waals surface area contributed by atoms with Crippen molar-refractivity contribution in [3.63, 3.8) is 0 Å². The molecule has 0 saturated carbocycles. The average molecular weight is 424 g/mol. The summed E-state index contributed by atoms with van der Waals surface area (Å²) in [6.45, 7) is 1.08. The molecule has 3 rings (SSSR count). The molecule has 0 bridgehead atoms. The molecule has 7 nitrogen and oxygen atoms in total. The first-order valence-electron chi connectivity index (χ1n) is 9.68. The monoisotopic (exact) mass is 423 g/mol. The van der Waals surface area contributed by atoms with Crippen LogP contribution in [0.25, 0.3) is 0 Å². The highest BCUT2D eigenvalue weighted by Crippen LogP contribution is 2.19. The topological polar surface area (TPSA) is 94.1 Å². The van der Waals surface area contributed by atoms with Crippen LogP contribution in [0.2, 0.25) is 0 Å². The van der Waals surface area contributed by atoms with Gasteiger partial charge in [-0.2, -0.15) is 0 Å². The largest absolute Gasteiger partial charge is 0.370 e. The Hall–Kier alpha value is -3.13. The summed E-state index contributed by atoms with van der Waals surface area (Å²) in [5.74, 6) is 0.574. The summed E-state index contributed by atoms with van der Waals surface area (Å²) >= 11 is 1.34. The molecule has 0 aliphatic rings. The van der Waals surface area contributed by atoms with E-state index in [1.165, 1.54) is 11.8 Å². The zero-order chi connectivity index (χ0) is 21.3. The zero-order valence-corrected chi connectivity index (χ0v) is 17.7. The zero-order valence-electron chi connectivity index (χ0n) is 16.9. The Labute approximate surface area is 180 Å². The third kappa shape index (κ3) is 6.18. The number of amides is 2. The van der Waals surface area contributed by atoms with E-state index >= 15 is 0 Å². The van der Waals surface area contributed by atoms with Gasteiger partial charge in [0.2, 0.25) is 11.8 Å².